The predicted molar refractivity (Wildman–Crippen MR) is 103 cm³/mol. The molecule has 2 saturated heterocycles. The molecule has 3 aliphatic rings. The van der Waals surface area contributed by atoms with Crippen LogP contribution in [0.2, 0.25) is 0 Å². The maximum Gasteiger partial charge on any atom is 0.243 e. The summed E-state index contributed by atoms with van der Waals surface area (Å²) in [5.74, 6) is 0.924. The molecule has 0 bridgehead atoms. The van der Waals surface area contributed by atoms with Gasteiger partial charge in [0.15, 0.2) is 11.2 Å². The Hall–Kier alpha value is -1.99. The van der Waals surface area contributed by atoms with E-state index in [0.717, 1.165) is 64.5 Å². The van der Waals surface area contributed by atoms with E-state index in [1.165, 1.54) is 0 Å². The molecular formula is C21H28N4O3. The SMILES string of the molecule is O=C1N(C2CCC(O)CC2)CCCC12CCCN2Cc1nc2ncccc2o1. The second-order valence-electron chi connectivity index (χ2n) is 8.55. The summed E-state index contributed by atoms with van der Waals surface area (Å²) in [6, 6.07) is 4.01. The highest BCUT2D eigenvalue weighted by atomic mass is 16.3. The summed E-state index contributed by atoms with van der Waals surface area (Å²) in [6.45, 7) is 2.30. The van der Waals surface area contributed by atoms with Gasteiger partial charge < -0.3 is 14.4 Å². The van der Waals surface area contributed by atoms with Crippen molar-refractivity contribution >= 4 is 17.1 Å². The highest BCUT2D eigenvalue weighted by Crippen LogP contribution is 2.41. The van der Waals surface area contributed by atoms with Crippen molar-refractivity contribution in [2.75, 3.05) is 13.1 Å². The largest absolute Gasteiger partial charge is 0.438 e. The number of oxazole rings is 1. The van der Waals surface area contributed by atoms with E-state index in [0.29, 0.717) is 23.7 Å². The Morgan fingerprint density at radius 3 is 2.75 bits per heavy atom. The molecule has 0 radical (unpaired) electrons. The predicted octanol–water partition coefficient (Wildman–Crippen LogP) is 2.48. The molecule has 2 aromatic rings. The molecule has 1 spiro atoms. The molecule has 1 amide bonds. The van der Waals surface area contributed by atoms with Crippen LogP contribution in [0.25, 0.3) is 11.2 Å². The van der Waals surface area contributed by atoms with Gasteiger partial charge in [-0.2, -0.15) is 4.98 Å². The van der Waals surface area contributed by atoms with E-state index in [-0.39, 0.29) is 18.1 Å². The lowest BCUT2D eigenvalue weighted by molar-refractivity contribution is -0.152. The molecule has 7 heteroatoms. The standard InChI is InChI=1S/C21H28N4O3/c26-16-7-5-15(6-8-16)25-13-3-10-21(20(25)27)9-2-12-24(21)14-18-23-19-17(28-18)4-1-11-22-19/h1,4,11,15-16,26H,2-3,5-10,12-14H2. The quantitative estimate of drug-likeness (QED) is 0.875. The fraction of sp³-hybridized carbons (Fsp3) is 0.667. The lowest BCUT2D eigenvalue weighted by atomic mass is 9.82. The van der Waals surface area contributed by atoms with Gasteiger partial charge >= 0.3 is 0 Å². The number of fused-ring (bicyclic) bond motifs is 1. The number of pyridine rings is 1. The van der Waals surface area contributed by atoms with Crippen LogP contribution in [0.1, 0.15) is 57.3 Å². The number of rotatable bonds is 3. The number of nitrogens with zero attached hydrogens (tertiary/aromatic N) is 4. The molecule has 2 aromatic heterocycles. The first kappa shape index (κ1) is 18.1. The topological polar surface area (TPSA) is 82.7 Å². The fourth-order valence-corrected chi connectivity index (χ4v) is 5.47. The van der Waals surface area contributed by atoms with Crippen molar-refractivity contribution in [2.45, 2.75) is 75.6 Å². The van der Waals surface area contributed by atoms with Crippen molar-refractivity contribution in [1.82, 2.24) is 19.8 Å². The molecule has 150 valence electrons. The Balaban J connectivity index is 1.37. The van der Waals surface area contributed by atoms with Crippen LogP contribution in [-0.2, 0) is 11.3 Å². The van der Waals surface area contributed by atoms with Crippen LogP contribution in [0, 0.1) is 0 Å². The molecule has 5 rings (SSSR count). The van der Waals surface area contributed by atoms with E-state index in [2.05, 4.69) is 19.8 Å². The lowest BCUT2D eigenvalue weighted by Gasteiger charge is -2.48. The van der Waals surface area contributed by atoms with Crippen LogP contribution >= 0.6 is 0 Å². The number of hydrogen-bond acceptors (Lipinski definition) is 6. The Bertz CT molecular complexity index is 827. The average Bonchev–Trinajstić information content (AvgIpc) is 3.29. The summed E-state index contributed by atoms with van der Waals surface area (Å²) in [5.41, 5.74) is 0.911. The number of amides is 1. The van der Waals surface area contributed by atoms with Gasteiger partial charge in [0.05, 0.1) is 12.6 Å². The summed E-state index contributed by atoms with van der Waals surface area (Å²) < 4.78 is 5.89. The molecule has 1 aliphatic carbocycles. The Labute approximate surface area is 164 Å². The van der Waals surface area contributed by atoms with Crippen LogP contribution in [0.3, 0.4) is 0 Å². The molecule has 0 aromatic carbocycles. The van der Waals surface area contributed by atoms with Crippen LogP contribution in [0.15, 0.2) is 22.7 Å². The third-order valence-corrected chi connectivity index (χ3v) is 6.91. The van der Waals surface area contributed by atoms with Crippen LogP contribution in [0.4, 0.5) is 0 Å². The van der Waals surface area contributed by atoms with Crippen molar-refractivity contribution < 1.29 is 14.3 Å². The average molecular weight is 384 g/mol. The van der Waals surface area contributed by atoms with Gasteiger partial charge in [0.1, 0.15) is 5.54 Å². The second kappa shape index (κ2) is 7.12. The Kier molecular flexibility index (Phi) is 4.59. The van der Waals surface area contributed by atoms with E-state index < -0.39 is 5.54 Å². The van der Waals surface area contributed by atoms with Crippen molar-refractivity contribution in [3.63, 3.8) is 0 Å². The van der Waals surface area contributed by atoms with Gasteiger partial charge in [-0.25, -0.2) is 4.98 Å². The smallest absolute Gasteiger partial charge is 0.243 e. The number of hydrogen-bond donors (Lipinski definition) is 1. The number of aliphatic hydroxyl groups is 1. The van der Waals surface area contributed by atoms with Crippen LogP contribution in [-0.4, -0.2) is 61.6 Å². The van der Waals surface area contributed by atoms with E-state index >= 15 is 0 Å². The number of piperidine rings is 1. The van der Waals surface area contributed by atoms with E-state index in [4.69, 9.17) is 4.42 Å². The van der Waals surface area contributed by atoms with Gasteiger partial charge in [0, 0.05) is 18.8 Å². The maximum atomic E-state index is 13.7. The number of aromatic nitrogens is 2. The van der Waals surface area contributed by atoms with E-state index in [1.54, 1.807) is 6.20 Å². The van der Waals surface area contributed by atoms with Gasteiger partial charge in [-0.3, -0.25) is 9.69 Å². The zero-order valence-corrected chi connectivity index (χ0v) is 16.2. The minimum atomic E-state index is -0.414. The van der Waals surface area contributed by atoms with Crippen LogP contribution < -0.4 is 0 Å². The molecule has 1 N–H and O–H groups in total. The minimum absolute atomic E-state index is 0.194. The molecule has 1 saturated carbocycles. The summed E-state index contributed by atoms with van der Waals surface area (Å²) >= 11 is 0. The first-order valence-electron chi connectivity index (χ1n) is 10.6. The Morgan fingerprint density at radius 1 is 1.18 bits per heavy atom. The molecule has 3 fully saturated rings. The molecule has 1 unspecified atom stereocenters. The van der Waals surface area contributed by atoms with Crippen molar-refractivity contribution in [1.29, 1.82) is 0 Å². The zero-order valence-electron chi connectivity index (χ0n) is 16.2. The minimum Gasteiger partial charge on any atom is -0.438 e. The van der Waals surface area contributed by atoms with Crippen molar-refractivity contribution in [2.24, 2.45) is 0 Å². The summed E-state index contributed by atoms with van der Waals surface area (Å²) in [7, 11) is 0. The van der Waals surface area contributed by atoms with Crippen molar-refractivity contribution in [3.05, 3.63) is 24.2 Å². The van der Waals surface area contributed by atoms with Gasteiger partial charge in [0.25, 0.3) is 0 Å². The number of likely N-dealkylation sites (tertiary alicyclic amines) is 2. The summed E-state index contributed by atoms with van der Waals surface area (Å²) in [4.78, 5) is 26.9. The van der Waals surface area contributed by atoms with E-state index in [9.17, 15) is 9.90 Å². The third kappa shape index (κ3) is 3.01. The normalized spacial score (nSPS) is 31.9. The zero-order chi connectivity index (χ0) is 19.1. The van der Waals surface area contributed by atoms with Gasteiger partial charge in [-0.15, -0.1) is 0 Å². The summed E-state index contributed by atoms with van der Waals surface area (Å²) in [6.07, 6.45) is 8.86. The van der Waals surface area contributed by atoms with Gasteiger partial charge in [-0.05, 0) is 70.0 Å². The number of aliphatic hydroxyl groups excluding tert-OH is 1. The molecule has 28 heavy (non-hydrogen) atoms. The maximum absolute atomic E-state index is 13.7. The number of carbonyl (C=O) groups excluding carboxylic acids is 1. The van der Waals surface area contributed by atoms with E-state index in [1.807, 2.05) is 12.1 Å². The van der Waals surface area contributed by atoms with Gasteiger partial charge in [0.2, 0.25) is 11.8 Å². The second-order valence-corrected chi connectivity index (χ2v) is 8.55. The highest BCUT2D eigenvalue weighted by Gasteiger charge is 2.52. The first-order chi connectivity index (χ1) is 13.7. The van der Waals surface area contributed by atoms with Gasteiger partial charge in [-0.1, -0.05) is 0 Å². The molecule has 7 nitrogen and oxygen atoms in total. The molecule has 4 heterocycles. The number of carbonyl (C=O) groups is 1. The monoisotopic (exact) mass is 384 g/mol. The molecule has 1 atom stereocenters. The Morgan fingerprint density at radius 2 is 1.96 bits per heavy atom. The lowest BCUT2D eigenvalue weighted by Crippen LogP contribution is -2.62. The molecular weight excluding hydrogens is 356 g/mol. The third-order valence-electron chi connectivity index (χ3n) is 6.91. The highest BCUT2D eigenvalue weighted by molar-refractivity contribution is 5.88. The van der Waals surface area contributed by atoms with Crippen molar-refractivity contribution in [3.8, 4) is 0 Å². The first-order valence-corrected chi connectivity index (χ1v) is 10.6. The summed E-state index contributed by atoms with van der Waals surface area (Å²) in [5, 5.41) is 9.83. The molecule has 2 aliphatic heterocycles. The fourth-order valence-electron chi connectivity index (χ4n) is 5.47. The van der Waals surface area contributed by atoms with Crippen LogP contribution in [0.5, 0.6) is 0 Å².